The van der Waals surface area contributed by atoms with Crippen LogP contribution >= 0.6 is 0 Å². The Bertz CT molecular complexity index is 558. The molecule has 2 rings (SSSR count). The van der Waals surface area contributed by atoms with E-state index in [0.717, 1.165) is 0 Å². The van der Waals surface area contributed by atoms with Gasteiger partial charge in [0, 0.05) is 11.6 Å². The van der Waals surface area contributed by atoms with Gasteiger partial charge in [-0.2, -0.15) is 0 Å². The number of amides is 1. The maximum absolute atomic E-state index is 11.0. The second-order valence-corrected chi connectivity index (χ2v) is 3.68. The fourth-order valence-corrected chi connectivity index (χ4v) is 1.61. The molecule has 0 aliphatic heterocycles. The molecular formula is C13H11NO3. The van der Waals surface area contributed by atoms with Crippen LogP contribution in [0.4, 0.5) is 0 Å². The maximum Gasteiger partial charge on any atom is 0.248 e. The number of phenolic OH excluding ortho intramolecular Hbond substituents is 2. The summed E-state index contributed by atoms with van der Waals surface area (Å²) >= 11 is 0. The summed E-state index contributed by atoms with van der Waals surface area (Å²) in [4.78, 5) is 11.0. The van der Waals surface area contributed by atoms with Crippen LogP contribution in [0.25, 0.3) is 11.1 Å². The van der Waals surface area contributed by atoms with Gasteiger partial charge in [0.2, 0.25) is 5.91 Å². The molecule has 0 atom stereocenters. The van der Waals surface area contributed by atoms with Gasteiger partial charge in [-0.1, -0.05) is 12.1 Å². The van der Waals surface area contributed by atoms with Crippen molar-refractivity contribution in [3.8, 4) is 22.6 Å². The number of carbonyl (C=O) groups excluding carboxylic acids is 1. The van der Waals surface area contributed by atoms with Gasteiger partial charge in [-0.05, 0) is 35.4 Å². The molecule has 2 aromatic carbocycles. The van der Waals surface area contributed by atoms with Gasteiger partial charge in [0.15, 0.2) is 0 Å². The van der Waals surface area contributed by atoms with Crippen molar-refractivity contribution in [3.63, 3.8) is 0 Å². The first kappa shape index (κ1) is 11.0. The predicted molar refractivity (Wildman–Crippen MR) is 63.7 cm³/mol. The van der Waals surface area contributed by atoms with Gasteiger partial charge >= 0.3 is 0 Å². The molecule has 0 spiro atoms. The molecule has 0 fully saturated rings. The molecule has 1 amide bonds. The molecule has 4 N–H and O–H groups in total. The van der Waals surface area contributed by atoms with Crippen LogP contribution in [0.1, 0.15) is 10.4 Å². The number of aromatic hydroxyl groups is 2. The second kappa shape index (κ2) is 4.17. The average Bonchev–Trinajstić information content (AvgIpc) is 2.28. The third-order valence-corrected chi connectivity index (χ3v) is 2.38. The topological polar surface area (TPSA) is 83.6 Å². The summed E-state index contributed by atoms with van der Waals surface area (Å²) in [5.41, 5.74) is 6.88. The van der Waals surface area contributed by atoms with E-state index in [2.05, 4.69) is 0 Å². The minimum Gasteiger partial charge on any atom is -0.508 e. The Labute approximate surface area is 97.9 Å². The molecule has 0 unspecified atom stereocenters. The fourth-order valence-electron chi connectivity index (χ4n) is 1.61. The number of phenols is 2. The lowest BCUT2D eigenvalue weighted by atomic mass is 10.0. The van der Waals surface area contributed by atoms with E-state index in [1.807, 2.05) is 0 Å². The van der Waals surface area contributed by atoms with Crippen molar-refractivity contribution in [3.05, 3.63) is 48.0 Å². The van der Waals surface area contributed by atoms with Gasteiger partial charge in [0.05, 0.1) is 0 Å². The molecule has 2 aromatic rings. The van der Waals surface area contributed by atoms with Gasteiger partial charge in [-0.3, -0.25) is 4.79 Å². The van der Waals surface area contributed by atoms with Crippen molar-refractivity contribution in [1.29, 1.82) is 0 Å². The number of nitrogens with two attached hydrogens (primary N) is 1. The van der Waals surface area contributed by atoms with Crippen LogP contribution < -0.4 is 5.73 Å². The molecule has 0 aliphatic rings. The van der Waals surface area contributed by atoms with Crippen molar-refractivity contribution in [2.24, 2.45) is 5.73 Å². The first-order valence-corrected chi connectivity index (χ1v) is 4.99. The highest BCUT2D eigenvalue weighted by atomic mass is 16.3. The van der Waals surface area contributed by atoms with E-state index in [-0.39, 0.29) is 11.5 Å². The van der Waals surface area contributed by atoms with Gasteiger partial charge in [0.25, 0.3) is 0 Å². The number of hydrogen-bond donors (Lipinski definition) is 3. The summed E-state index contributed by atoms with van der Waals surface area (Å²) in [5, 5.41) is 18.8. The van der Waals surface area contributed by atoms with Crippen LogP contribution in [-0.2, 0) is 0 Å². The summed E-state index contributed by atoms with van der Waals surface area (Å²) in [6.07, 6.45) is 0. The normalized spacial score (nSPS) is 10.1. The van der Waals surface area contributed by atoms with E-state index < -0.39 is 5.91 Å². The number of hydrogen-bond acceptors (Lipinski definition) is 3. The van der Waals surface area contributed by atoms with E-state index in [0.29, 0.717) is 16.7 Å². The van der Waals surface area contributed by atoms with Crippen LogP contribution in [-0.4, -0.2) is 16.1 Å². The highest BCUT2D eigenvalue weighted by molar-refractivity contribution is 5.94. The first-order chi connectivity index (χ1) is 8.06. The molecule has 4 nitrogen and oxygen atoms in total. The molecule has 17 heavy (non-hydrogen) atoms. The van der Waals surface area contributed by atoms with Gasteiger partial charge in [-0.15, -0.1) is 0 Å². The Kier molecular flexibility index (Phi) is 2.70. The molecule has 0 aliphatic carbocycles. The van der Waals surface area contributed by atoms with E-state index in [9.17, 15) is 15.0 Å². The standard InChI is InChI=1S/C13H11NO3/c14-13(17)9-3-1-2-8(4-9)10-5-11(15)7-12(16)6-10/h1-7,15-16H,(H2,14,17). The Morgan fingerprint density at radius 2 is 1.59 bits per heavy atom. The van der Waals surface area contributed by atoms with Gasteiger partial charge in [0.1, 0.15) is 11.5 Å². The Morgan fingerprint density at radius 1 is 0.941 bits per heavy atom. The molecular weight excluding hydrogens is 218 g/mol. The summed E-state index contributed by atoms with van der Waals surface area (Å²) < 4.78 is 0. The zero-order chi connectivity index (χ0) is 12.4. The summed E-state index contributed by atoms with van der Waals surface area (Å²) in [6.45, 7) is 0. The SMILES string of the molecule is NC(=O)c1cccc(-c2cc(O)cc(O)c2)c1. The maximum atomic E-state index is 11.0. The van der Waals surface area contributed by atoms with Crippen molar-refractivity contribution in [2.75, 3.05) is 0 Å². The largest absolute Gasteiger partial charge is 0.508 e. The zero-order valence-corrected chi connectivity index (χ0v) is 8.92. The Morgan fingerprint density at radius 3 is 2.18 bits per heavy atom. The van der Waals surface area contributed by atoms with Gasteiger partial charge in [-0.25, -0.2) is 0 Å². The van der Waals surface area contributed by atoms with E-state index in [4.69, 9.17) is 5.73 Å². The monoisotopic (exact) mass is 229 g/mol. The minimum absolute atomic E-state index is 0.0375. The fraction of sp³-hybridized carbons (Fsp3) is 0. The van der Waals surface area contributed by atoms with Crippen LogP contribution in [0.15, 0.2) is 42.5 Å². The van der Waals surface area contributed by atoms with Crippen molar-refractivity contribution >= 4 is 5.91 Å². The highest BCUT2D eigenvalue weighted by Gasteiger charge is 2.05. The third-order valence-electron chi connectivity index (χ3n) is 2.38. The van der Waals surface area contributed by atoms with Crippen LogP contribution in [0.5, 0.6) is 11.5 Å². The Balaban J connectivity index is 2.52. The van der Waals surface area contributed by atoms with Gasteiger partial charge < -0.3 is 15.9 Å². The number of benzene rings is 2. The molecule has 0 radical (unpaired) electrons. The lowest BCUT2D eigenvalue weighted by Gasteiger charge is -2.05. The quantitative estimate of drug-likeness (QED) is 0.735. The summed E-state index contributed by atoms with van der Waals surface area (Å²) in [5.74, 6) is -0.592. The smallest absolute Gasteiger partial charge is 0.248 e. The predicted octanol–water partition coefficient (Wildman–Crippen LogP) is 1.86. The lowest BCUT2D eigenvalue weighted by molar-refractivity contribution is 0.100. The number of rotatable bonds is 2. The second-order valence-electron chi connectivity index (χ2n) is 3.68. The van der Waals surface area contributed by atoms with Crippen LogP contribution in [0, 0.1) is 0 Å². The molecule has 0 saturated carbocycles. The van der Waals surface area contributed by atoms with Crippen LogP contribution in [0.3, 0.4) is 0 Å². The zero-order valence-electron chi connectivity index (χ0n) is 8.92. The third kappa shape index (κ3) is 2.36. The Hall–Kier alpha value is -2.49. The molecule has 0 bridgehead atoms. The first-order valence-electron chi connectivity index (χ1n) is 4.99. The molecule has 0 aromatic heterocycles. The van der Waals surface area contributed by atoms with Crippen LogP contribution in [0.2, 0.25) is 0 Å². The molecule has 0 heterocycles. The molecule has 86 valence electrons. The van der Waals surface area contributed by atoms with Crippen molar-refractivity contribution in [1.82, 2.24) is 0 Å². The lowest BCUT2D eigenvalue weighted by Crippen LogP contribution is -2.10. The van der Waals surface area contributed by atoms with E-state index >= 15 is 0 Å². The van der Waals surface area contributed by atoms with E-state index in [1.165, 1.54) is 18.2 Å². The van der Waals surface area contributed by atoms with E-state index in [1.54, 1.807) is 24.3 Å². The van der Waals surface area contributed by atoms with Crippen molar-refractivity contribution < 1.29 is 15.0 Å². The number of primary amides is 1. The minimum atomic E-state index is -0.517. The molecule has 0 saturated heterocycles. The average molecular weight is 229 g/mol. The summed E-state index contributed by atoms with van der Waals surface area (Å²) in [6, 6.07) is 10.9. The molecule has 4 heteroatoms. The summed E-state index contributed by atoms with van der Waals surface area (Å²) in [7, 11) is 0. The number of carbonyl (C=O) groups is 1. The highest BCUT2D eigenvalue weighted by Crippen LogP contribution is 2.28. The van der Waals surface area contributed by atoms with Crippen molar-refractivity contribution in [2.45, 2.75) is 0 Å².